The lowest BCUT2D eigenvalue weighted by Crippen LogP contribution is -2.37. The molecular weight excluding hydrogens is 494 g/mol. The quantitative estimate of drug-likeness (QED) is 0.236. The number of rotatable bonds is 8. The van der Waals surface area contributed by atoms with Crippen LogP contribution in [0.25, 0.3) is 10.9 Å². The maximum Gasteiger partial charge on any atom is 0.191 e. The van der Waals surface area contributed by atoms with E-state index in [2.05, 4.69) is 56.5 Å². The van der Waals surface area contributed by atoms with Crippen molar-refractivity contribution in [3.8, 4) is 0 Å². The molecule has 8 heteroatoms. The molecule has 1 aromatic carbocycles. The number of benzene rings is 1. The molecule has 0 aliphatic heterocycles. The average molecular weight is 524 g/mol. The molecule has 0 saturated heterocycles. The number of nitrogens with one attached hydrogen (secondary N) is 3. The number of hydrogen-bond acceptors (Lipinski definition) is 3. The summed E-state index contributed by atoms with van der Waals surface area (Å²) in [5.74, 6) is 1.50. The third-order valence-electron chi connectivity index (χ3n) is 5.00. The highest BCUT2D eigenvalue weighted by atomic mass is 127. The van der Waals surface area contributed by atoms with Crippen LogP contribution in [0.5, 0.6) is 0 Å². The van der Waals surface area contributed by atoms with Crippen LogP contribution in [0.1, 0.15) is 25.0 Å². The molecule has 2 heterocycles. The molecule has 0 aliphatic rings. The second-order valence-electron chi connectivity index (χ2n) is 6.80. The van der Waals surface area contributed by atoms with Crippen molar-refractivity contribution in [2.75, 3.05) is 31.6 Å². The average Bonchev–Trinajstić information content (AvgIpc) is 3.14. The van der Waals surface area contributed by atoms with Crippen LogP contribution in [0.4, 0.5) is 10.2 Å². The minimum absolute atomic E-state index is 0. The fourth-order valence-electron chi connectivity index (χ4n) is 3.34. The zero-order valence-corrected chi connectivity index (χ0v) is 20.0. The van der Waals surface area contributed by atoms with Crippen LogP contribution < -0.4 is 15.5 Å². The first-order valence-corrected chi connectivity index (χ1v) is 10.0. The lowest BCUT2D eigenvalue weighted by atomic mass is 10.1. The summed E-state index contributed by atoms with van der Waals surface area (Å²) in [4.78, 5) is 14.2. The van der Waals surface area contributed by atoms with Crippen LogP contribution in [-0.4, -0.2) is 42.6 Å². The van der Waals surface area contributed by atoms with Gasteiger partial charge in [-0.3, -0.25) is 4.99 Å². The van der Waals surface area contributed by atoms with E-state index in [1.54, 1.807) is 19.2 Å². The summed E-state index contributed by atoms with van der Waals surface area (Å²) < 4.78 is 13.5. The van der Waals surface area contributed by atoms with Crippen LogP contribution in [0, 0.1) is 5.82 Å². The zero-order chi connectivity index (χ0) is 20.6. The Kier molecular flexibility index (Phi) is 9.35. The number of anilines is 1. The van der Waals surface area contributed by atoms with E-state index < -0.39 is 0 Å². The maximum atomic E-state index is 13.5. The van der Waals surface area contributed by atoms with Gasteiger partial charge in [-0.1, -0.05) is 6.07 Å². The summed E-state index contributed by atoms with van der Waals surface area (Å²) in [5.41, 5.74) is 3.12. The Morgan fingerprint density at radius 3 is 2.63 bits per heavy atom. The van der Waals surface area contributed by atoms with Crippen molar-refractivity contribution in [2.24, 2.45) is 4.99 Å². The van der Waals surface area contributed by atoms with Gasteiger partial charge in [0.25, 0.3) is 0 Å². The number of fused-ring (bicyclic) bond motifs is 1. The fourth-order valence-corrected chi connectivity index (χ4v) is 3.34. The number of hydrogen-bond donors (Lipinski definition) is 3. The van der Waals surface area contributed by atoms with Crippen molar-refractivity contribution in [2.45, 2.75) is 26.8 Å². The summed E-state index contributed by atoms with van der Waals surface area (Å²) in [6.45, 7) is 7.49. The van der Waals surface area contributed by atoms with Gasteiger partial charge in [0.05, 0.1) is 0 Å². The number of halogens is 2. The number of pyridine rings is 1. The first kappa shape index (κ1) is 23.9. The lowest BCUT2D eigenvalue weighted by Gasteiger charge is -2.19. The molecule has 3 aromatic rings. The second-order valence-corrected chi connectivity index (χ2v) is 6.80. The first-order valence-electron chi connectivity index (χ1n) is 10.0. The second kappa shape index (κ2) is 11.7. The molecule has 0 amide bonds. The topological polar surface area (TPSA) is 68.3 Å². The first-order chi connectivity index (χ1) is 14.1. The molecule has 6 nitrogen and oxygen atoms in total. The third kappa shape index (κ3) is 6.07. The summed E-state index contributed by atoms with van der Waals surface area (Å²) in [5, 5.41) is 7.54. The molecule has 2 aromatic heterocycles. The molecule has 0 atom stereocenters. The molecule has 3 rings (SSSR count). The predicted octanol–water partition coefficient (Wildman–Crippen LogP) is 4.07. The van der Waals surface area contributed by atoms with Gasteiger partial charge in [-0.25, -0.2) is 9.37 Å². The standard InChI is InChI=1S/C22H29FN6.HI/c1-4-29(5-2)21-9-6-16(13-27-21)14-28-22(24-3)25-11-10-17-15-26-20-8-7-18(23)12-19(17)20;/h6-9,12-13,15,26H,4-5,10-11,14H2,1-3H3,(H2,24,25,28);1H. The van der Waals surface area contributed by atoms with Crippen LogP contribution in [0.15, 0.2) is 47.7 Å². The SMILES string of the molecule is CCN(CC)c1ccc(CNC(=NC)NCCc2c[nH]c3ccc(F)cc23)cn1.I. The van der Waals surface area contributed by atoms with Crippen molar-refractivity contribution in [3.63, 3.8) is 0 Å². The summed E-state index contributed by atoms with van der Waals surface area (Å²) in [7, 11) is 1.75. The molecule has 0 fully saturated rings. The number of H-pyrrole nitrogens is 1. The summed E-state index contributed by atoms with van der Waals surface area (Å²) in [6, 6.07) is 8.94. The van der Waals surface area contributed by atoms with E-state index in [0.717, 1.165) is 53.3 Å². The molecule has 0 saturated carbocycles. The van der Waals surface area contributed by atoms with Crippen LogP contribution in [0.3, 0.4) is 0 Å². The van der Waals surface area contributed by atoms with E-state index in [4.69, 9.17) is 0 Å². The molecule has 0 radical (unpaired) electrons. The van der Waals surface area contributed by atoms with Gasteiger partial charge in [0, 0.05) is 56.5 Å². The number of aliphatic imine (C=N–C) groups is 1. The fraction of sp³-hybridized carbons (Fsp3) is 0.364. The Labute approximate surface area is 194 Å². The highest BCUT2D eigenvalue weighted by Gasteiger charge is 2.06. The Balaban J connectivity index is 0.00000320. The molecule has 0 aliphatic carbocycles. The molecule has 0 spiro atoms. The van der Waals surface area contributed by atoms with Crippen molar-refractivity contribution < 1.29 is 4.39 Å². The highest BCUT2D eigenvalue weighted by molar-refractivity contribution is 14.0. The van der Waals surface area contributed by atoms with E-state index in [-0.39, 0.29) is 29.8 Å². The number of aromatic amines is 1. The minimum atomic E-state index is -0.218. The van der Waals surface area contributed by atoms with Gasteiger partial charge in [0.1, 0.15) is 11.6 Å². The molecule has 30 heavy (non-hydrogen) atoms. The van der Waals surface area contributed by atoms with Gasteiger partial charge in [-0.2, -0.15) is 0 Å². The van der Waals surface area contributed by atoms with Crippen LogP contribution >= 0.6 is 24.0 Å². The Bertz CT molecular complexity index is 950. The molecule has 0 bridgehead atoms. The van der Waals surface area contributed by atoms with E-state index in [1.807, 2.05) is 12.4 Å². The van der Waals surface area contributed by atoms with E-state index in [9.17, 15) is 4.39 Å². The third-order valence-corrected chi connectivity index (χ3v) is 5.00. The maximum absolute atomic E-state index is 13.5. The summed E-state index contributed by atoms with van der Waals surface area (Å²) in [6.07, 6.45) is 4.60. The Morgan fingerprint density at radius 2 is 1.97 bits per heavy atom. The summed E-state index contributed by atoms with van der Waals surface area (Å²) >= 11 is 0. The lowest BCUT2D eigenvalue weighted by molar-refractivity contribution is 0.629. The van der Waals surface area contributed by atoms with Crippen molar-refractivity contribution in [1.29, 1.82) is 0 Å². The number of aromatic nitrogens is 2. The largest absolute Gasteiger partial charge is 0.361 e. The van der Waals surface area contributed by atoms with Crippen molar-refractivity contribution >= 4 is 46.7 Å². The predicted molar refractivity (Wildman–Crippen MR) is 133 cm³/mol. The Morgan fingerprint density at radius 1 is 1.17 bits per heavy atom. The van der Waals surface area contributed by atoms with Gasteiger partial charge in [-0.05, 0) is 55.7 Å². The van der Waals surface area contributed by atoms with Gasteiger partial charge in [0.2, 0.25) is 0 Å². The van der Waals surface area contributed by atoms with Crippen LogP contribution in [-0.2, 0) is 13.0 Å². The smallest absolute Gasteiger partial charge is 0.191 e. The number of nitrogens with zero attached hydrogens (tertiary/aromatic N) is 3. The van der Waals surface area contributed by atoms with E-state index >= 15 is 0 Å². The highest BCUT2D eigenvalue weighted by Crippen LogP contribution is 2.19. The Hall–Kier alpha value is -2.36. The molecule has 3 N–H and O–H groups in total. The van der Waals surface area contributed by atoms with Gasteiger partial charge < -0.3 is 20.5 Å². The van der Waals surface area contributed by atoms with E-state index in [1.165, 1.54) is 6.07 Å². The van der Waals surface area contributed by atoms with Crippen molar-refractivity contribution in [1.82, 2.24) is 20.6 Å². The van der Waals surface area contributed by atoms with Crippen LogP contribution in [0.2, 0.25) is 0 Å². The van der Waals surface area contributed by atoms with Crippen molar-refractivity contribution in [3.05, 3.63) is 59.7 Å². The van der Waals surface area contributed by atoms with Gasteiger partial charge in [0.15, 0.2) is 5.96 Å². The molecule has 162 valence electrons. The zero-order valence-electron chi connectivity index (χ0n) is 17.7. The molecular formula is C22H30FIN6. The van der Waals surface area contributed by atoms with E-state index in [0.29, 0.717) is 13.1 Å². The minimum Gasteiger partial charge on any atom is -0.361 e. The number of guanidine groups is 1. The monoisotopic (exact) mass is 524 g/mol. The normalized spacial score (nSPS) is 11.3. The molecule has 0 unspecified atom stereocenters. The van der Waals surface area contributed by atoms with Gasteiger partial charge in [-0.15, -0.1) is 24.0 Å². The van der Waals surface area contributed by atoms with Gasteiger partial charge >= 0.3 is 0 Å².